The Morgan fingerprint density at radius 2 is 2.17 bits per heavy atom. The van der Waals surface area contributed by atoms with Gasteiger partial charge in [-0.1, -0.05) is 0 Å². The summed E-state index contributed by atoms with van der Waals surface area (Å²) in [5, 5.41) is 21.3. The normalized spacial score (nSPS) is 35.8. The lowest BCUT2D eigenvalue weighted by Gasteiger charge is -2.33. The monoisotopic (exact) mass is 176 g/mol. The van der Waals surface area contributed by atoms with Gasteiger partial charge in [0.2, 0.25) is 6.23 Å². The first-order valence-electron chi connectivity index (χ1n) is 3.13. The van der Waals surface area contributed by atoms with Crippen LogP contribution in [0.15, 0.2) is 0 Å². The van der Waals surface area contributed by atoms with E-state index < -0.39 is 23.8 Å². The first kappa shape index (κ1) is 8.91. The molecule has 0 aromatic carbocycles. The molecule has 4 N–H and O–H groups in total. The Hall–Kier alpha value is -1.18. The fraction of sp³-hybridized carbons (Fsp3) is 0.600. The molecule has 1 heterocycles. The molecular weight excluding hydrogens is 168 g/mol. The molecule has 12 heavy (non-hydrogen) atoms. The van der Waals surface area contributed by atoms with Crippen LogP contribution in [0.25, 0.3) is 0 Å². The zero-order valence-electron chi connectivity index (χ0n) is 6.20. The second kappa shape index (κ2) is 2.70. The minimum absolute atomic E-state index is 0.828. The Kier molecular flexibility index (Phi) is 2.01. The molecule has 0 aliphatic carbocycles. The highest BCUT2D eigenvalue weighted by Crippen LogP contribution is 2.13. The van der Waals surface area contributed by atoms with Crippen LogP contribution in [-0.4, -0.2) is 34.1 Å². The Morgan fingerprint density at radius 3 is 2.67 bits per heavy atom. The van der Waals surface area contributed by atoms with Crippen LogP contribution in [-0.2, 0) is 9.68 Å². The zero-order valence-corrected chi connectivity index (χ0v) is 6.20. The van der Waals surface area contributed by atoms with Gasteiger partial charge >= 0.3 is 6.03 Å². The van der Waals surface area contributed by atoms with Gasteiger partial charge in [-0.15, -0.1) is 0 Å². The minimum atomic E-state index is -1.97. The highest BCUT2D eigenvalue weighted by molar-refractivity contribution is 6.01. The average Bonchev–Trinajstić information content (AvgIpc) is 1.97. The van der Waals surface area contributed by atoms with E-state index in [9.17, 15) is 14.7 Å². The highest BCUT2D eigenvalue weighted by atomic mass is 17.1. The van der Waals surface area contributed by atoms with Gasteiger partial charge in [0.15, 0.2) is 5.60 Å². The SMILES string of the molecule is CC1(O)C(=O)NC(=O)N[C@@H]1OO. The molecule has 7 nitrogen and oxygen atoms in total. The third-order valence-corrected chi connectivity index (χ3v) is 1.56. The molecule has 2 atom stereocenters. The van der Waals surface area contributed by atoms with E-state index in [1.54, 1.807) is 5.32 Å². The van der Waals surface area contributed by atoms with Crippen LogP contribution in [0.2, 0.25) is 0 Å². The molecule has 0 aromatic heterocycles. The Labute approximate surface area is 67.2 Å². The fourth-order valence-electron chi connectivity index (χ4n) is 0.773. The standard InChI is InChI=1S/C5H8N2O5/c1-5(10)2(8)6-4(9)7-3(5)12-11/h3,10-11H,1H3,(H2,6,7,8,9)/t3-,5?/m1/s1. The van der Waals surface area contributed by atoms with Crippen molar-refractivity contribution in [3.05, 3.63) is 0 Å². The maximum Gasteiger partial charge on any atom is 0.323 e. The lowest BCUT2D eigenvalue weighted by Crippen LogP contribution is -2.68. The van der Waals surface area contributed by atoms with Gasteiger partial charge in [0.05, 0.1) is 0 Å². The molecule has 68 valence electrons. The van der Waals surface area contributed by atoms with Gasteiger partial charge in [0.1, 0.15) is 0 Å². The smallest absolute Gasteiger partial charge is 0.323 e. The average molecular weight is 176 g/mol. The summed E-state index contributed by atoms with van der Waals surface area (Å²) >= 11 is 0. The van der Waals surface area contributed by atoms with Crippen molar-refractivity contribution < 1.29 is 24.8 Å². The lowest BCUT2D eigenvalue weighted by atomic mass is 10.0. The first-order chi connectivity index (χ1) is 5.48. The quantitative estimate of drug-likeness (QED) is 0.284. The van der Waals surface area contributed by atoms with E-state index in [2.05, 4.69) is 4.89 Å². The van der Waals surface area contributed by atoms with E-state index in [1.165, 1.54) is 0 Å². The van der Waals surface area contributed by atoms with Crippen LogP contribution in [0.5, 0.6) is 0 Å². The molecule has 0 spiro atoms. The molecular formula is C5H8N2O5. The second-order valence-corrected chi connectivity index (χ2v) is 2.56. The minimum Gasteiger partial charge on any atom is -0.376 e. The second-order valence-electron chi connectivity index (χ2n) is 2.56. The molecule has 1 aliphatic heterocycles. The predicted molar refractivity (Wildman–Crippen MR) is 34.8 cm³/mol. The lowest BCUT2D eigenvalue weighted by molar-refractivity contribution is -0.314. The number of hydrogen-bond acceptors (Lipinski definition) is 5. The van der Waals surface area contributed by atoms with Crippen LogP contribution >= 0.6 is 0 Å². The van der Waals surface area contributed by atoms with Crippen molar-refractivity contribution in [2.75, 3.05) is 0 Å². The van der Waals surface area contributed by atoms with Crippen molar-refractivity contribution in [2.24, 2.45) is 0 Å². The van der Waals surface area contributed by atoms with E-state index in [1.807, 2.05) is 5.32 Å². The largest absolute Gasteiger partial charge is 0.376 e. The van der Waals surface area contributed by atoms with Crippen LogP contribution in [0.3, 0.4) is 0 Å². The maximum atomic E-state index is 10.9. The molecule has 0 radical (unpaired) electrons. The predicted octanol–water partition coefficient (Wildman–Crippen LogP) is -1.61. The Bertz CT molecular complexity index is 226. The summed E-state index contributed by atoms with van der Waals surface area (Å²) in [6, 6.07) is -0.828. The number of imide groups is 1. The van der Waals surface area contributed by atoms with Gasteiger partial charge in [0.25, 0.3) is 5.91 Å². The van der Waals surface area contributed by atoms with E-state index in [0.717, 1.165) is 6.92 Å². The number of hydrogen-bond donors (Lipinski definition) is 4. The molecule has 0 bridgehead atoms. The number of carbonyl (C=O) groups excluding carboxylic acids is 2. The van der Waals surface area contributed by atoms with Crippen molar-refractivity contribution in [3.63, 3.8) is 0 Å². The number of carbonyl (C=O) groups is 2. The Morgan fingerprint density at radius 1 is 1.58 bits per heavy atom. The van der Waals surface area contributed by atoms with Crippen molar-refractivity contribution >= 4 is 11.9 Å². The maximum absolute atomic E-state index is 10.9. The molecule has 1 rings (SSSR count). The number of amides is 3. The molecule has 0 aromatic rings. The van der Waals surface area contributed by atoms with Crippen molar-refractivity contribution in [3.8, 4) is 0 Å². The van der Waals surface area contributed by atoms with Gasteiger partial charge in [-0.25, -0.2) is 14.9 Å². The number of nitrogens with one attached hydrogen (secondary N) is 2. The third-order valence-electron chi connectivity index (χ3n) is 1.56. The van der Waals surface area contributed by atoms with E-state index in [-0.39, 0.29) is 0 Å². The topological polar surface area (TPSA) is 108 Å². The highest BCUT2D eigenvalue weighted by Gasteiger charge is 2.46. The van der Waals surface area contributed by atoms with Crippen LogP contribution in [0.1, 0.15) is 6.92 Å². The van der Waals surface area contributed by atoms with Gasteiger partial charge in [-0.05, 0) is 6.92 Å². The van der Waals surface area contributed by atoms with Crippen LogP contribution in [0, 0.1) is 0 Å². The van der Waals surface area contributed by atoms with E-state index in [4.69, 9.17) is 5.26 Å². The summed E-state index contributed by atoms with van der Waals surface area (Å²) in [6.45, 7) is 1.10. The van der Waals surface area contributed by atoms with Gasteiger partial charge in [-0.2, -0.15) is 0 Å². The van der Waals surface area contributed by atoms with Crippen molar-refractivity contribution in [1.29, 1.82) is 0 Å². The van der Waals surface area contributed by atoms with Crippen LogP contribution in [0.4, 0.5) is 4.79 Å². The van der Waals surface area contributed by atoms with Gasteiger partial charge in [0, 0.05) is 0 Å². The van der Waals surface area contributed by atoms with Gasteiger partial charge in [-0.3, -0.25) is 10.1 Å². The van der Waals surface area contributed by atoms with Gasteiger partial charge < -0.3 is 10.4 Å². The summed E-state index contributed by atoms with van der Waals surface area (Å²) in [6.07, 6.45) is -1.45. The number of aliphatic hydroxyl groups is 1. The van der Waals surface area contributed by atoms with Crippen molar-refractivity contribution in [2.45, 2.75) is 18.8 Å². The van der Waals surface area contributed by atoms with E-state index in [0.29, 0.717) is 0 Å². The van der Waals surface area contributed by atoms with Crippen molar-refractivity contribution in [1.82, 2.24) is 10.6 Å². The number of urea groups is 1. The zero-order chi connectivity index (χ0) is 9.35. The Balaban J connectivity index is 2.85. The molecule has 1 saturated heterocycles. The van der Waals surface area contributed by atoms with E-state index >= 15 is 0 Å². The molecule has 7 heteroatoms. The molecule has 1 unspecified atom stereocenters. The van der Waals surface area contributed by atoms with Crippen LogP contribution < -0.4 is 10.6 Å². The third kappa shape index (κ3) is 1.24. The molecule has 1 fully saturated rings. The molecule has 0 saturated carbocycles. The summed E-state index contributed by atoms with van der Waals surface area (Å²) in [4.78, 5) is 25.2. The number of rotatable bonds is 1. The molecule has 3 amide bonds. The summed E-state index contributed by atoms with van der Waals surface area (Å²) < 4.78 is 0. The first-order valence-corrected chi connectivity index (χ1v) is 3.13. The summed E-state index contributed by atoms with van der Waals surface area (Å²) in [5.74, 6) is -0.926. The fourth-order valence-corrected chi connectivity index (χ4v) is 0.773. The molecule has 1 aliphatic rings. The summed E-state index contributed by atoms with van der Waals surface area (Å²) in [7, 11) is 0. The summed E-state index contributed by atoms with van der Waals surface area (Å²) in [5.41, 5.74) is -1.97.